The smallest absolute Gasteiger partial charge is 0.306 e. The molecule has 0 saturated heterocycles. The molecule has 0 bridgehead atoms. The summed E-state index contributed by atoms with van der Waals surface area (Å²) in [4.78, 5) is 38.1. The first-order chi connectivity index (χ1) is 35.5. The summed E-state index contributed by atoms with van der Waals surface area (Å²) in [6.07, 6.45) is 77.7. The fourth-order valence-corrected chi connectivity index (χ4v) is 8.83. The summed E-state index contributed by atoms with van der Waals surface area (Å²) in [5.74, 6) is -0.879. The molecule has 0 radical (unpaired) electrons. The van der Waals surface area contributed by atoms with E-state index in [1.165, 1.54) is 154 Å². The molecule has 0 amide bonds. The predicted octanol–water partition coefficient (Wildman–Crippen LogP) is 20.9. The van der Waals surface area contributed by atoms with Gasteiger partial charge in [-0.15, -0.1) is 0 Å². The van der Waals surface area contributed by atoms with Crippen molar-refractivity contribution in [1.82, 2.24) is 0 Å². The van der Waals surface area contributed by atoms with Gasteiger partial charge in [-0.25, -0.2) is 0 Å². The number of carbonyl (C=O) groups is 3. The number of ether oxygens (including phenoxy) is 3. The Kier molecular flexibility index (Phi) is 57.8. The Bertz CT molecular complexity index is 1340. The zero-order valence-corrected chi connectivity index (χ0v) is 47.7. The third kappa shape index (κ3) is 57.7. The number of carbonyl (C=O) groups excluding carboxylic acids is 3. The van der Waals surface area contributed by atoms with Gasteiger partial charge in [0.2, 0.25) is 0 Å². The second-order valence-electron chi connectivity index (χ2n) is 20.6. The lowest BCUT2D eigenvalue weighted by atomic mass is 10.0. The first kappa shape index (κ1) is 68.8. The normalized spacial score (nSPS) is 12.5. The van der Waals surface area contributed by atoms with Gasteiger partial charge in [-0.3, -0.25) is 14.4 Å². The third-order valence-corrected chi connectivity index (χ3v) is 13.4. The average molecular weight is 1010 g/mol. The van der Waals surface area contributed by atoms with Crippen molar-refractivity contribution in [3.05, 3.63) is 72.9 Å². The van der Waals surface area contributed by atoms with Crippen LogP contribution in [0.25, 0.3) is 0 Å². The minimum atomic E-state index is -0.779. The van der Waals surface area contributed by atoms with E-state index in [-0.39, 0.29) is 31.1 Å². The molecule has 0 aliphatic carbocycles. The molecule has 0 saturated carbocycles. The van der Waals surface area contributed by atoms with E-state index in [0.29, 0.717) is 19.3 Å². The summed E-state index contributed by atoms with van der Waals surface area (Å²) in [5.41, 5.74) is 0. The maximum absolute atomic E-state index is 12.8. The molecule has 0 aliphatic rings. The van der Waals surface area contributed by atoms with Gasteiger partial charge in [0.1, 0.15) is 13.2 Å². The van der Waals surface area contributed by atoms with Crippen molar-refractivity contribution in [2.24, 2.45) is 0 Å². The predicted molar refractivity (Wildman–Crippen MR) is 311 cm³/mol. The molecule has 0 spiro atoms. The molecule has 0 heterocycles. The Hall–Kier alpha value is -3.15. The van der Waals surface area contributed by atoms with Crippen molar-refractivity contribution >= 4 is 17.9 Å². The maximum atomic E-state index is 12.8. The van der Waals surface area contributed by atoms with Crippen LogP contribution in [0.2, 0.25) is 0 Å². The molecule has 1 unspecified atom stereocenters. The van der Waals surface area contributed by atoms with Gasteiger partial charge in [-0.1, -0.05) is 280 Å². The summed E-state index contributed by atoms with van der Waals surface area (Å²) in [6.45, 7) is 6.48. The van der Waals surface area contributed by atoms with Gasteiger partial charge in [-0.2, -0.15) is 0 Å². The van der Waals surface area contributed by atoms with Gasteiger partial charge in [0, 0.05) is 19.3 Å². The van der Waals surface area contributed by atoms with Gasteiger partial charge >= 0.3 is 17.9 Å². The van der Waals surface area contributed by atoms with Gasteiger partial charge in [0.25, 0.3) is 0 Å². The van der Waals surface area contributed by atoms with Crippen molar-refractivity contribution in [2.75, 3.05) is 13.2 Å². The molecular weight excluding hydrogens is 889 g/mol. The monoisotopic (exact) mass is 1000 g/mol. The van der Waals surface area contributed by atoms with E-state index >= 15 is 0 Å². The van der Waals surface area contributed by atoms with E-state index in [1.54, 1.807) is 0 Å². The van der Waals surface area contributed by atoms with E-state index in [4.69, 9.17) is 14.2 Å². The molecule has 0 rings (SSSR count). The van der Waals surface area contributed by atoms with Gasteiger partial charge in [0.15, 0.2) is 6.10 Å². The van der Waals surface area contributed by atoms with E-state index in [9.17, 15) is 14.4 Å². The number of unbranched alkanes of at least 4 members (excludes halogenated alkanes) is 33. The Morgan fingerprint density at radius 3 is 0.903 bits per heavy atom. The molecule has 6 heteroatoms. The van der Waals surface area contributed by atoms with Crippen molar-refractivity contribution in [3.8, 4) is 0 Å². The van der Waals surface area contributed by atoms with Crippen LogP contribution < -0.4 is 0 Å². The zero-order chi connectivity index (χ0) is 52.2. The second kappa shape index (κ2) is 60.4. The first-order valence-electron chi connectivity index (χ1n) is 30.9. The zero-order valence-electron chi connectivity index (χ0n) is 47.7. The lowest BCUT2D eigenvalue weighted by Gasteiger charge is -2.18. The fraction of sp³-hybridized carbons (Fsp3) is 0.773. The molecule has 1 atom stereocenters. The minimum absolute atomic E-state index is 0.0768. The first-order valence-corrected chi connectivity index (χ1v) is 30.9. The fourth-order valence-electron chi connectivity index (χ4n) is 8.83. The van der Waals surface area contributed by atoms with Gasteiger partial charge < -0.3 is 14.2 Å². The molecule has 0 aliphatic heterocycles. The Balaban J connectivity index is 4.16. The topological polar surface area (TPSA) is 78.9 Å². The highest BCUT2D eigenvalue weighted by Gasteiger charge is 2.19. The largest absolute Gasteiger partial charge is 0.462 e. The molecule has 0 aromatic carbocycles. The summed E-state index contributed by atoms with van der Waals surface area (Å²) in [7, 11) is 0. The van der Waals surface area contributed by atoms with E-state index in [2.05, 4.69) is 93.7 Å². The summed E-state index contributed by atoms with van der Waals surface area (Å²) in [6, 6.07) is 0. The number of hydrogen-bond donors (Lipinski definition) is 0. The summed E-state index contributed by atoms with van der Waals surface area (Å²) >= 11 is 0. The van der Waals surface area contributed by atoms with Crippen molar-refractivity contribution in [3.63, 3.8) is 0 Å². The third-order valence-electron chi connectivity index (χ3n) is 13.4. The number of hydrogen-bond acceptors (Lipinski definition) is 6. The van der Waals surface area contributed by atoms with Crippen LogP contribution in [0.5, 0.6) is 0 Å². The van der Waals surface area contributed by atoms with Crippen molar-refractivity contribution in [1.29, 1.82) is 0 Å². The molecule has 0 N–H and O–H groups in total. The molecule has 72 heavy (non-hydrogen) atoms. The highest BCUT2D eigenvalue weighted by molar-refractivity contribution is 5.71. The van der Waals surface area contributed by atoms with Crippen molar-refractivity contribution in [2.45, 2.75) is 316 Å². The van der Waals surface area contributed by atoms with Crippen molar-refractivity contribution < 1.29 is 28.6 Å². The standard InChI is InChI=1S/C66H116O6/c1-4-7-10-13-16-19-22-25-26-27-28-29-30-31-32-33-34-35-36-37-38-39-40-42-44-47-50-53-56-59-65(68)71-62-63(61-70-64(67)58-55-52-49-46-43-24-21-18-15-12-9-6-3)72-66(69)60-57-54-51-48-45-41-23-20-17-14-11-8-5-2/h7,10-11,14,16,19-20,23,25-26,28-29,63H,4-6,8-9,12-13,15,17-18,21-22,24,27,30-62H2,1-3H3/b10-7-,14-11-,19-16-,23-20-,26-25-,29-28-. The van der Waals surface area contributed by atoms with Crippen LogP contribution in [0.15, 0.2) is 72.9 Å². The van der Waals surface area contributed by atoms with Crippen LogP contribution in [-0.2, 0) is 28.6 Å². The SMILES string of the molecule is CC/C=C\C/C=C\C/C=C\C/C=C\CCCCCCCCCCCCCCCCCCC(=O)OCC(COC(=O)CCCCCCCCCCCCCC)OC(=O)CCCCCCC/C=C\C/C=C\CCC. The van der Waals surface area contributed by atoms with Gasteiger partial charge in [-0.05, 0) is 83.5 Å². The molecule has 0 fully saturated rings. The number of rotatable bonds is 56. The highest BCUT2D eigenvalue weighted by atomic mass is 16.6. The van der Waals surface area contributed by atoms with Crippen LogP contribution in [0.3, 0.4) is 0 Å². The van der Waals surface area contributed by atoms with Crippen LogP contribution in [-0.4, -0.2) is 37.2 Å². The van der Waals surface area contributed by atoms with E-state index in [0.717, 1.165) is 116 Å². The number of allylic oxidation sites excluding steroid dienone is 12. The molecule has 0 aromatic heterocycles. The Morgan fingerprint density at radius 2 is 0.569 bits per heavy atom. The van der Waals surface area contributed by atoms with Crippen LogP contribution in [0.1, 0.15) is 310 Å². The molecule has 0 aromatic rings. The minimum Gasteiger partial charge on any atom is -0.462 e. The van der Waals surface area contributed by atoms with Gasteiger partial charge in [0.05, 0.1) is 0 Å². The van der Waals surface area contributed by atoms with Crippen LogP contribution in [0, 0.1) is 0 Å². The summed E-state index contributed by atoms with van der Waals surface area (Å²) in [5, 5.41) is 0. The molecule has 416 valence electrons. The lowest BCUT2D eigenvalue weighted by molar-refractivity contribution is -0.167. The number of esters is 3. The van der Waals surface area contributed by atoms with Crippen LogP contribution >= 0.6 is 0 Å². The van der Waals surface area contributed by atoms with Crippen LogP contribution in [0.4, 0.5) is 0 Å². The summed E-state index contributed by atoms with van der Waals surface area (Å²) < 4.78 is 16.9. The molecular formula is C66H116O6. The second-order valence-corrected chi connectivity index (χ2v) is 20.6. The van der Waals surface area contributed by atoms with E-state index in [1.807, 2.05) is 0 Å². The van der Waals surface area contributed by atoms with E-state index < -0.39 is 6.10 Å². The Morgan fingerprint density at radius 1 is 0.292 bits per heavy atom. The highest BCUT2D eigenvalue weighted by Crippen LogP contribution is 2.17. The maximum Gasteiger partial charge on any atom is 0.306 e. The average Bonchev–Trinajstić information content (AvgIpc) is 3.38. The molecule has 6 nitrogen and oxygen atoms in total. The Labute approximate surface area is 446 Å². The lowest BCUT2D eigenvalue weighted by Crippen LogP contribution is -2.30. The quantitative estimate of drug-likeness (QED) is 0.0261.